The Kier molecular flexibility index (Phi) is 3.83. The maximum Gasteiger partial charge on any atom is 0.240 e. The lowest BCUT2D eigenvalue weighted by molar-refractivity contribution is -0.128. The molecule has 0 radical (unpaired) electrons. The van der Waals surface area contributed by atoms with Crippen LogP contribution in [0.5, 0.6) is 0 Å². The van der Waals surface area contributed by atoms with Crippen LogP contribution >= 0.6 is 0 Å². The van der Waals surface area contributed by atoms with Crippen molar-refractivity contribution < 1.29 is 23.5 Å². The fraction of sp³-hybridized carbons (Fsp3) is 0.500. The van der Waals surface area contributed by atoms with Gasteiger partial charge < -0.3 is 10.8 Å². The molecule has 1 saturated carbocycles. The molecule has 1 aliphatic carbocycles. The first-order chi connectivity index (χ1) is 10.8. The summed E-state index contributed by atoms with van der Waals surface area (Å²) in [7, 11) is 0. The number of aliphatic hydroxyl groups excluding tert-OH is 1. The van der Waals surface area contributed by atoms with Crippen LogP contribution in [0.15, 0.2) is 18.2 Å². The average molecular weight is 324 g/mol. The molecule has 1 spiro atoms. The van der Waals surface area contributed by atoms with E-state index in [4.69, 9.17) is 5.73 Å². The van der Waals surface area contributed by atoms with Crippen LogP contribution in [0.2, 0.25) is 0 Å². The largest absolute Gasteiger partial charge is 0.393 e. The summed E-state index contributed by atoms with van der Waals surface area (Å²) in [4.78, 5) is 25.8. The third-order valence-corrected chi connectivity index (χ3v) is 4.93. The Morgan fingerprint density at radius 3 is 2.30 bits per heavy atom. The molecule has 1 unspecified atom stereocenters. The number of hydrogen-bond donors (Lipinski definition) is 2. The highest BCUT2D eigenvalue weighted by atomic mass is 19.1. The fourth-order valence-electron chi connectivity index (χ4n) is 3.72. The molecule has 2 amide bonds. The van der Waals surface area contributed by atoms with Crippen LogP contribution in [0, 0.1) is 17.0 Å². The van der Waals surface area contributed by atoms with Crippen molar-refractivity contribution in [2.75, 3.05) is 4.90 Å². The van der Waals surface area contributed by atoms with Crippen LogP contribution in [0.1, 0.15) is 32.1 Å². The number of anilines is 1. The molecule has 23 heavy (non-hydrogen) atoms. The number of benzene rings is 1. The Bertz CT molecular complexity index is 636. The minimum absolute atomic E-state index is 0.000651. The van der Waals surface area contributed by atoms with Gasteiger partial charge >= 0.3 is 0 Å². The second-order valence-electron chi connectivity index (χ2n) is 6.44. The number of nitrogens with two attached hydrogens (primary N) is 1. The molecule has 1 aromatic carbocycles. The molecule has 124 valence electrons. The van der Waals surface area contributed by atoms with E-state index in [1.807, 2.05) is 0 Å². The van der Waals surface area contributed by atoms with Crippen LogP contribution in [-0.4, -0.2) is 29.1 Å². The number of aliphatic hydroxyl groups is 1. The number of halogens is 2. The van der Waals surface area contributed by atoms with Crippen molar-refractivity contribution in [1.82, 2.24) is 0 Å². The second-order valence-corrected chi connectivity index (χ2v) is 6.44. The second kappa shape index (κ2) is 5.56. The molecule has 3 rings (SSSR count). The van der Waals surface area contributed by atoms with Crippen LogP contribution < -0.4 is 10.6 Å². The molecule has 1 aromatic rings. The monoisotopic (exact) mass is 324 g/mol. The van der Waals surface area contributed by atoms with Gasteiger partial charge in [0.1, 0.15) is 17.7 Å². The van der Waals surface area contributed by atoms with E-state index >= 15 is 0 Å². The van der Waals surface area contributed by atoms with E-state index in [1.54, 1.807) is 0 Å². The summed E-state index contributed by atoms with van der Waals surface area (Å²) in [5.41, 5.74) is 4.62. The van der Waals surface area contributed by atoms with Crippen molar-refractivity contribution in [3.05, 3.63) is 29.8 Å². The molecule has 3 N–H and O–H groups in total. The summed E-state index contributed by atoms with van der Waals surface area (Å²) in [5.74, 6) is -2.70. The van der Waals surface area contributed by atoms with Crippen molar-refractivity contribution in [1.29, 1.82) is 0 Å². The molecule has 0 bridgehead atoms. The smallest absolute Gasteiger partial charge is 0.240 e. The Hall–Kier alpha value is -2.02. The minimum atomic E-state index is -0.932. The third-order valence-electron chi connectivity index (χ3n) is 4.93. The van der Waals surface area contributed by atoms with E-state index in [-0.39, 0.29) is 18.0 Å². The topological polar surface area (TPSA) is 83.6 Å². The quantitative estimate of drug-likeness (QED) is 0.864. The number of amides is 2. The van der Waals surface area contributed by atoms with Crippen molar-refractivity contribution >= 4 is 17.5 Å². The average Bonchev–Trinajstić information content (AvgIpc) is 2.75. The fourth-order valence-corrected chi connectivity index (χ4v) is 3.72. The first-order valence-electron chi connectivity index (χ1n) is 7.59. The number of rotatable bonds is 2. The summed E-state index contributed by atoms with van der Waals surface area (Å²) in [6.07, 6.45) is 1.55. The van der Waals surface area contributed by atoms with Gasteiger partial charge in [0, 0.05) is 6.07 Å². The van der Waals surface area contributed by atoms with Crippen molar-refractivity contribution in [2.24, 2.45) is 11.1 Å². The first kappa shape index (κ1) is 15.9. The van der Waals surface area contributed by atoms with Gasteiger partial charge in [-0.15, -0.1) is 0 Å². The standard InChI is InChI=1S/C16H18F2N2O3/c17-9-5-10(18)7-11(6-9)20-13(14(19)22)8-16(15(20)23)3-1-12(21)2-4-16/h5-7,12-13,21H,1-4,8H2,(H2,19,22). The van der Waals surface area contributed by atoms with Crippen molar-refractivity contribution in [3.63, 3.8) is 0 Å². The van der Waals surface area contributed by atoms with E-state index in [1.165, 1.54) is 0 Å². The maximum atomic E-state index is 13.5. The molecule has 2 fully saturated rings. The summed E-state index contributed by atoms with van der Waals surface area (Å²) < 4.78 is 27.0. The van der Waals surface area contributed by atoms with Crippen LogP contribution in [0.4, 0.5) is 14.5 Å². The number of primary amides is 1. The predicted octanol–water partition coefficient (Wildman–Crippen LogP) is 1.48. The van der Waals surface area contributed by atoms with Gasteiger partial charge in [-0.05, 0) is 44.2 Å². The molecule has 1 aliphatic heterocycles. The maximum absolute atomic E-state index is 13.5. The van der Waals surface area contributed by atoms with E-state index in [9.17, 15) is 23.5 Å². The number of nitrogens with zero attached hydrogens (tertiary/aromatic N) is 1. The predicted molar refractivity (Wildman–Crippen MR) is 78.4 cm³/mol. The molecular weight excluding hydrogens is 306 g/mol. The van der Waals surface area contributed by atoms with Crippen LogP contribution in [-0.2, 0) is 9.59 Å². The normalized spacial score (nSPS) is 30.9. The summed E-state index contributed by atoms with van der Waals surface area (Å²) >= 11 is 0. The third kappa shape index (κ3) is 2.69. The lowest BCUT2D eigenvalue weighted by Gasteiger charge is -2.33. The zero-order valence-corrected chi connectivity index (χ0v) is 12.5. The molecule has 7 heteroatoms. The van der Waals surface area contributed by atoms with Gasteiger partial charge in [-0.3, -0.25) is 14.5 Å². The molecule has 2 aliphatic rings. The minimum Gasteiger partial charge on any atom is -0.393 e. The summed E-state index contributed by atoms with van der Waals surface area (Å²) in [6.45, 7) is 0. The number of carbonyl (C=O) groups excluding carboxylic acids is 2. The van der Waals surface area contributed by atoms with Gasteiger partial charge in [0.2, 0.25) is 11.8 Å². The van der Waals surface area contributed by atoms with Gasteiger partial charge in [-0.25, -0.2) is 8.78 Å². The van der Waals surface area contributed by atoms with E-state index in [2.05, 4.69) is 0 Å². The lowest BCUT2D eigenvalue weighted by atomic mass is 9.71. The molecule has 1 saturated heterocycles. The molecular formula is C16H18F2N2O3. The molecule has 5 nitrogen and oxygen atoms in total. The highest BCUT2D eigenvalue weighted by Crippen LogP contribution is 2.48. The summed E-state index contributed by atoms with van der Waals surface area (Å²) in [5, 5.41) is 9.65. The Labute approximate surface area is 132 Å². The highest BCUT2D eigenvalue weighted by molar-refractivity contribution is 6.06. The molecule has 0 aromatic heterocycles. The van der Waals surface area contributed by atoms with Gasteiger partial charge in [-0.2, -0.15) is 0 Å². The first-order valence-corrected chi connectivity index (χ1v) is 7.59. The van der Waals surface area contributed by atoms with E-state index in [0.29, 0.717) is 31.7 Å². The number of hydrogen-bond acceptors (Lipinski definition) is 3. The zero-order chi connectivity index (χ0) is 16.8. The van der Waals surface area contributed by atoms with Crippen molar-refractivity contribution in [3.8, 4) is 0 Å². The van der Waals surface area contributed by atoms with Gasteiger partial charge in [0.05, 0.1) is 17.2 Å². The molecule has 1 atom stereocenters. The number of carbonyl (C=O) groups is 2. The summed E-state index contributed by atoms with van der Waals surface area (Å²) in [6, 6.07) is 1.82. The van der Waals surface area contributed by atoms with Gasteiger partial charge in [-0.1, -0.05) is 0 Å². The van der Waals surface area contributed by atoms with Crippen molar-refractivity contribution in [2.45, 2.75) is 44.2 Å². The molecule has 1 heterocycles. The van der Waals surface area contributed by atoms with Gasteiger partial charge in [0.15, 0.2) is 0 Å². The van der Waals surface area contributed by atoms with Gasteiger partial charge in [0.25, 0.3) is 0 Å². The Balaban J connectivity index is 2.00. The Morgan fingerprint density at radius 1 is 1.22 bits per heavy atom. The zero-order valence-electron chi connectivity index (χ0n) is 12.5. The SMILES string of the molecule is NC(=O)C1CC2(CCC(O)CC2)C(=O)N1c1cc(F)cc(F)c1. The van der Waals surface area contributed by atoms with Crippen LogP contribution in [0.25, 0.3) is 0 Å². The Morgan fingerprint density at radius 2 is 1.78 bits per heavy atom. The van der Waals surface area contributed by atoms with E-state index < -0.39 is 35.1 Å². The van der Waals surface area contributed by atoms with E-state index in [0.717, 1.165) is 17.0 Å². The lowest BCUT2D eigenvalue weighted by Crippen LogP contribution is -2.43. The van der Waals surface area contributed by atoms with Crippen LogP contribution in [0.3, 0.4) is 0 Å². The highest BCUT2D eigenvalue weighted by Gasteiger charge is 2.54.